The van der Waals surface area contributed by atoms with Crippen LogP contribution in [0.3, 0.4) is 0 Å². The van der Waals surface area contributed by atoms with Gasteiger partial charge < -0.3 is 54.3 Å². The second-order valence-electron chi connectivity index (χ2n) is 19.6. The van der Waals surface area contributed by atoms with E-state index >= 15 is 0 Å². The minimum absolute atomic E-state index is 0.0653. The molecule has 3 heterocycles. The molecule has 0 radical (unpaired) electrons. The van der Waals surface area contributed by atoms with E-state index in [-0.39, 0.29) is 25.3 Å². The number of fused-ring (bicyclic) bond motifs is 5. The molecule has 20 atom stereocenters. The molecule has 7 fully saturated rings. The number of aliphatic hydroxyl groups excluding tert-OH is 2. The molecule has 322 valence electrons. The number of aliphatic hydroxyl groups is 5. The van der Waals surface area contributed by atoms with Gasteiger partial charge in [-0.15, -0.1) is 0 Å². The summed E-state index contributed by atoms with van der Waals surface area (Å²) in [7, 11) is 0. The number of nitrogens with zero attached hydrogens (tertiary/aromatic N) is 1. The summed E-state index contributed by atoms with van der Waals surface area (Å²) >= 11 is 0. The van der Waals surface area contributed by atoms with E-state index < -0.39 is 130 Å². The Bertz CT molecular complexity index is 1650. The third-order valence-electron chi connectivity index (χ3n) is 16.4. The number of carboxylic acid groups (broad SMARTS) is 1. The normalized spacial score (nSPS) is 50.4. The summed E-state index contributed by atoms with van der Waals surface area (Å²) < 4.78 is 31.4. The van der Waals surface area contributed by atoms with E-state index in [9.17, 15) is 49.8 Å². The van der Waals surface area contributed by atoms with E-state index in [1.807, 2.05) is 6.92 Å². The highest BCUT2D eigenvalue weighted by molar-refractivity contribution is 5.79. The van der Waals surface area contributed by atoms with Gasteiger partial charge in [0.05, 0.1) is 35.2 Å². The lowest BCUT2D eigenvalue weighted by Crippen LogP contribution is -2.78. The lowest BCUT2D eigenvalue weighted by molar-refractivity contribution is -0.300. The van der Waals surface area contributed by atoms with Gasteiger partial charge in [-0.25, -0.2) is 9.59 Å². The summed E-state index contributed by atoms with van der Waals surface area (Å²) in [5.41, 5.74) is -10.2. The van der Waals surface area contributed by atoms with Crippen molar-refractivity contribution >= 4 is 24.1 Å². The molecule has 16 nitrogen and oxygen atoms in total. The van der Waals surface area contributed by atoms with Crippen LogP contribution in [-0.2, 0) is 38.1 Å². The maximum absolute atomic E-state index is 13.9. The van der Waals surface area contributed by atoms with E-state index in [0.717, 1.165) is 20.3 Å². The first kappa shape index (κ1) is 42.5. The molecule has 0 aromatic rings. The predicted molar refractivity (Wildman–Crippen MR) is 197 cm³/mol. The minimum atomic E-state index is -2.31. The van der Waals surface area contributed by atoms with Gasteiger partial charge in [-0.3, -0.25) is 14.5 Å². The number of hydrogen-bond donors (Lipinski definition) is 6. The van der Waals surface area contributed by atoms with Crippen molar-refractivity contribution in [1.82, 2.24) is 4.90 Å². The van der Waals surface area contributed by atoms with E-state index in [1.165, 1.54) is 6.92 Å². The van der Waals surface area contributed by atoms with Crippen molar-refractivity contribution < 1.29 is 73.5 Å². The van der Waals surface area contributed by atoms with Crippen LogP contribution >= 0.6 is 0 Å². The number of ether oxygens (including phenoxy) is 5. The summed E-state index contributed by atoms with van der Waals surface area (Å²) in [5, 5.41) is 70.6. The Labute approximate surface area is 333 Å². The highest BCUT2D eigenvalue weighted by Crippen LogP contribution is 2.78. The SMILES string of the molecule is CCC(C)C(=O)O[C@H]1[C@H](O)C2C(CN3C[C@@H](C)CC[C@H]3[C@@]2(C)O)C2C[C@@]34O[C@@]5(C)C([C@@H](OC(=O)O)[C@@H](OC(C)=O)C3[C@@]21O)[C@]4(C)CC[C@@H]5OC(=O)C(C)(O)C(C)O. The molecule has 0 aromatic heterocycles. The topological polar surface area (TPSA) is 239 Å². The first-order chi connectivity index (χ1) is 26.3. The third-order valence-corrected chi connectivity index (χ3v) is 16.4. The Morgan fingerprint density at radius 2 is 1.61 bits per heavy atom. The van der Waals surface area contributed by atoms with Gasteiger partial charge in [-0.05, 0) is 84.0 Å². The van der Waals surface area contributed by atoms with Gasteiger partial charge in [0.25, 0.3) is 0 Å². The van der Waals surface area contributed by atoms with Crippen molar-refractivity contribution in [3.8, 4) is 0 Å². The molecule has 6 N–H and O–H groups in total. The number of piperidine rings is 2. The van der Waals surface area contributed by atoms with Gasteiger partial charge in [0, 0.05) is 43.3 Å². The van der Waals surface area contributed by atoms with E-state index in [2.05, 4.69) is 11.8 Å². The predicted octanol–water partition coefficient (Wildman–Crippen LogP) is 1.78. The number of carbonyl (C=O) groups is 4. The fourth-order valence-corrected chi connectivity index (χ4v) is 13.5. The molecule has 3 saturated heterocycles. The van der Waals surface area contributed by atoms with Gasteiger partial charge in [0.15, 0.2) is 11.7 Å². The molecule has 1 spiro atoms. The smallest absolute Gasteiger partial charge is 0.458 e. The molecule has 4 bridgehead atoms. The Morgan fingerprint density at radius 3 is 2.21 bits per heavy atom. The molecule has 4 aliphatic carbocycles. The van der Waals surface area contributed by atoms with Crippen molar-refractivity contribution in [1.29, 1.82) is 0 Å². The Morgan fingerprint density at radius 1 is 0.965 bits per heavy atom. The average Bonchev–Trinajstić information content (AvgIpc) is 3.40. The summed E-state index contributed by atoms with van der Waals surface area (Å²) in [6.45, 7) is 15.4. The molecule has 7 aliphatic rings. The first-order valence-electron chi connectivity index (χ1n) is 20.8. The van der Waals surface area contributed by atoms with Gasteiger partial charge in [-0.1, -0.05) is 27.7 Å². The average molecular weight is 810 g/mol. The van der Waals surface area contributed by atoms with Crippen LogP contribution in [-0.4, -0.2) is 143 Å². The number of hydrogen-bond acceptors (Lipinski definition) is 15. The molecule has 0 amide bonds. The summed E-state index contributed by atoms with van der Waals surface area (Å²) in [4.78, 5) is 55.4. The molecule has 8 unspecified atom stereocenters. The second-order valence-corrected chi connectivity index (χ2v) is 19.6. The maximum Gasteiger partial charge on any atom is 0.506 e. The van der Waals surface area contributed by atoms with Crippen LogP contribution in [0.1, 0.15) is 101 Å². The quantitative estimate of drug-likeness (QED) is 0.151. The van der Waals surface area contributed by atoms with Crippen LogP contribution in [0.15, 0.2) is 0 Å². The molecule has 7 rings (SSSR count). The molecular weight excluding hydrogens is 746 g/mol. The number of rotatable bonds is 8. The van der Waals surface area contributed by atoms with Crippen molar-refractivity contribution in [3.05, 3.63) is 0 Å². The fourth-order valence-electron chi connectivity index (χ4n) is 13.5. The van der Waals surface area contributed by atoms with Crippen molar-refractivity contribution in [2.45, 2.75) is 172 Å². The maximum atomic E-state index is 13.9. The number of esters is 3. The molecule has 3 aliphatic heterocycles. The van der Waals surface area contributed by atoms with E-state index in [1.54, 1.807) is 27.7 Å². The standard InChI is InChI=1S/C41H63NO15/c1-10-19(3)33(46)56-32-27(45)26-22(17-42-16-18(2)11-12-24(42)38(26,8)51)23-15-40-31(41(23,32)52)29(53-21(5)44)28(55-35(48)49)30-36(40,6)14-13-25(39(30,9)57-40)54-34(47)37(7,50)20(4)43/h18-20,22-32,43,45,50-52H,10-17H2,1-9H3,(H,48,49)/t18-,19?,20?,22?,23?,24-,25-,26?,27+,28-,29+,30?,31?,32-,36-,37?,38+,39+,40+,41-/m0/s1. The van der Waals surface area contributed by atoms with Gasteiger partial charge in [0.2, 0.25) is 0 Å². The Kier molecular flexibility index (Phi) is 10.2. The fraction of sp³-hybridized carbons (Fsp3) is 0.902. The zero-order chi connectivity index (χ0) is 42.2. The first-order valence-corrected chi connectivity index (χ1v) is 20.8. The van der Waals surface area contributed by atoms with Gasteiger partial charge in [0.1, 0.15) is 29.5 Å². The van der Waals surface area contributed by atoms with Crippen LogP contribution < -0.4 is 0 Å². The second kappa shape index (κ2) is 13.7. The summed E-state index contributed by atoms with van der Waals surface area (Å²) in [5.74, 6) is -7.62. The molecule has 0 aromatic carbocycles. The van der Waals surface area contributed by atoms with Crippen LogP contribution in [0, 0.1) is 46.8 Å². The van der Waals surface area contributed by atoms with Gasteiger partial charge in [-0.2, -0.15) is 0 Å². The lowest BCUT2D eigenvalue weighted by Gasteiger charge is -2.64. The largest absolute Gasteiger partial charge is 0.506 e. The minimum Gasteiger partial charge on any atom is -0.458 e. The van der Waals surface area contributed by atoms with E-state index in [0.29, 0.717) is 31.8 Å². The lowest BCUT2D eigenvalue weighted by atomic mass is 9.47. The highest BCUT2D eigenvalue weighted by atomic mass is 16.7. The summed E-state index contributed by atoms with van der Waals surface area (Å²) in [6.07, 6.45) is -8.28. The number of carbonyl (C=O) groups excluding carboxylic acids is 3. The highest BCUT2D eigenvalue weighted by Gasteiger charge is 2.89. The van der Waals surface area contributed by atoms with Crippen LogP contribution in [0.5, 0.6) is 0 Å². The molecule has 4 saturated carbocycles. The van der Waals surface area contributed by atoms with Crippen molar-refractivity contribution in [2.75, 3.05) is 13.1 Å². The molecule has 16 heteroatoms. The monoisotopic (exact) mass is 809 g/mol. The van der Waals surface area contributed by atoms with Crippen molar-refractivity contribution in [2.24, 2.45) is 46.8 Å². The van der Waals surface area contributed by atoms with Crippen LogP contribution in [0.4, 0.5) is 4.79 Å². The Hall–Kier alpha value is -2.60. The molecule has 57 heavy (non-hydrogen) atoms. The van der Waals surface area contributed by atoms with Crippen LogP contribution in [0.25, 0.3) is 0 Å². The summed E-state index contributed by atoms with van der Waals surface area (Å²) in [6, 6.07) is -0.317. The van der Waals surface area contributed by atoms with Crippen molar-refractivity contribution in [3.63, 3.8) is 0 Å². The van der Waals surface area contributed by atoms with Gasteiger partial charge >= 0.3 is 24.1 Å². The molecular formula is C41H63NO15. The van der Waals surface area contributed by atoms with E-state index in [4.69, 9.17) is 23.7 Å². The van der Waals surface area contributed by atoms with Crippen LogP contribution in [0.2, 0.25) is 0 Å². The third kappa shape index (κ3) is 5.77. The zero-order valence-corrected chi connectivity index (χ0v) is 34.5. The Balaban J connectivity index is 1.45. The zero-order valence-electron chi connectivity index (χ0n) is 34.5.